The second kappa shape index (κ2) is 10.4. The fourth-order valence-electron chi connectivity index (χ4n) is 3.15. The van der Waals surface area contributed by atoms with Gasteiger partial charge < -0.3 is 19.9 Å². The second-order valence-electron chi connectivity index (χ2n) is 6.63. The molecule has 0 radical (unpaired) electrons. The average molecular weight is 351 g/mol. The molecule has 1 aromatic heterocycles. The van der Waals surface area contributed by atoms with Crippen molar-refractivity contribution in [2.24, 2.45) is 10.9 Å². The minimum absolute atomic E-state index is 0.479. The molecule has 2 N–H and O–H groups in total. The number of ether oxygens (including phenoxy) is 1. The maximum atomic E-state index is 5.47. The van der Waals surface area contributed by atoms with Crippen LogP contribution in [0.1, 0.15) is 26.6 Å². The van der Waals surface area contributed by atoms with Crippen molar-refractivity contribution in [2.45, 2.75) is 39.8 Å². The summed E-state index contributed by atoms with van der Waals surface area (Å²) >= 11 is 0. The van der Waals surface area contributed by atoms with Gasteiger partial charge in [-0.2, -0.15) is 0 Å². The van der Waals surface area contributed by atoms with Crippen LogP contribution in [0.2, 0.25) is 0 Å². The molecule has 8 nitrogen and oxygen atoms in total. The molecule has 1 aromatic rings. The van der Waals surface area contributed by atoms with E-state index in [0.29, 0.717) is 12.0 Å². The van der Waals surface area contributed by atoms with Crippen molar-refractivity contribution in [3.8, 4) is 0 Å². The van der Waals surface area contributed by atoms with E-state index in [1.807, 2.05) is 7.05 Å². The van der Waals surface area contributed by atoms with Crippen LogP contribution in [-0.4, -0.2) is 78.1 Å². The molecule has 0 aromatic carbocycles. The number of nitrogens with zero attached hydrogens (tertiary/aromatic N) is 5. The van der Waals surface area contributed by atoms with Crippen molar-refractivity contribution in [3.05, 3.63) is 12.2 Å². The molecule has 0 amide bonds. The Morgan fingerprint density at radius 1 is 1.32 bits per heavy atom. The van der Waals surface area contributed by atoms with Gasteiger partial charge in [-0.1, -0.05) is 20.8 Å². The number of aromatic nitrogens is 3. The lowest BCUT2D eigenvalue weighted by atomic mass is 10.0. The Kier molecular flexibility index (Phi) is 8.14. The Morgan fingerprint density at radius 3 is 2.72 bits per heavy atom. The summed E-state index contributed by atoms with van der Waals surface area (Å²) in [5, 5.41) is 14.9. The highest BCUT2D eigenvalue weighted by Crippen LogP contribution is 2.12. The number of aryl methyl sites for hydroxylation is 1. The van der Waals surface area contributed by atoms with Crippen LogP contribution in [0.4, 0.5) is 0 Å². The third-order valence-electron chi connectivity index (χ3n) is 4.64. The molecule has 2 rings (SSSR count). The SMILES string of the molecule is CCc1nncn1CCNC(=NC)NCC(C(C)C)N1CCOCC1. The smallest absolute Gasteiger partial charge is 0.191 e. The molecule has 1 fully saturated rings. The first-order valence-corrected chi connectivity index (χ1v) is 9.28. The first-order valence-electron chi connectivity index (χ1n) is 9.28. The van der Waals surface area contributed by atoms with Gasteiger partial charge in [-0.3, -0.25) is 9.89 Å². The molecular weight excluding hydrogens is 318 g/mol. The minimum atomic E-state index is 0.479. The lowest BCUT2D eigenvalue weighted by molar-refractivity contribution is 0.00752. The lowest BCUT2D eigenvalue weighted by Gasteiger charge is -2.37. The Hall–Kier alpha value is -1.67. The van der Waals surface area contributed by atoms with Gasteiger partial charge >= 0.3 is 0 Å². The molecule has 1 saturated heterocycles. The van der Waals surface area contributed by atoms with Crippen LogP contribution in [0.15, 0.2) is 11.3 Å². The Morgan fingerprint density at radius 2 is 2.08 bits per heavy atom. The lowest BCUT2D eigenvalue weighted by Crippen LogP contribution is -2.52. The molecule has 0 saturated carbocycles. The van der Waals surface area contributed by atoms with E-state index in [-0.39, 0.29) is 0 Å². The van der Waals surface area contributed by atoms with Gasteiger partial charge in [0.1, 0.15) is 12.2 Å². The van der Waals surface area contributed by atoms with Crippen LogP contribution in [0.25, 0.3) is 0 Å². The van der Waals surface area contributed by atoms with Crippen LogP contribution in [0, 0.1) is 5.92 Å². The molecule has 0 aliphatic carbocycles. The fraction of sp³-hybridized carbons (Fsp3) is 0.824. The molecule has 1 atom stereocenters. The predicted molar refractivity (Wildman–Crippen MR) is 99.8 cm³/mol. The van der Waals surface area contributed by atoms with E-state index in [9.17, 15) is 0 Å². The predicted octanol–water partition coefficient (Wildman–Crippen LogP) is 0.362. The molecule has 1 unspecified atom stereocenters. The zero-order valence-corrected chi connectivity index (χ0v) is 16.0. The first-order chi connectivity index (χ1) is 12.2. The molecule has 1 aliphatic heterocycles. The quantitative estimate of drug-likeness (QED) is 0.520. The summed E-state index contributed by atoms with van der Waals surface area (Å²) in [6, 6.07) is 0.479. The van der Waals surface area contributed by atoms with Crippen LogP contribution in [-0.2, 0) is 17.7 Å². The van der Waals surface area contributed by atoms with Gasteiger partial charge in [0.2, 0.25) is 0 Å². The zero-order chi connectivity index (χ0) is 18.1. The maximum absolute atomic E-state index is 5.47. The van der Waals surface area contributed by atoms with E-state index < -0.39 is 0 Å². The summed E-state index contributed by atoms with van der Waals surface area (Å²) in [5.41, 5.74) is 0. The van der Waals surface area contributed by atoms with E-state index in [4.69, 9.17) is 4.74 Å². The highest BCUT2D eigenvalue weighted by atomic mass is 16.5. The molecule has 2 heterocycles. The third-order valence-corrected chi connectivity index (χ3v) is 4.64. The topological polar surface area (TPSA) is 79.6 Å². The van der Waals surface area contributed by atoms with Crippen molar-refractivity contribution in [3.63, 3.8) is 0 Å². The molecule has 0 spiro atoms. The molecule has 8 heteroatoms. The number of nitrogens with one attached hydrogen (secondary N) is 2. The summed E-state index contributed by atoms with van der Waals surface area (Å²) in [6.45, 7) is 12.8. The van der Waals surface area contributed by atoms with Gasteiger partial charge in [0.15, 0.2) is 5.96 Å². The van der Waals surface area contributed by atoms with Crippen molar-refractivity contribution < 1.29 is 4.74 Å². The summed E-state index contributed by atoms with van der Waals surface area (Å²) in [4.78, 5) is 6.85. The molecular formula is C17H33N7O. The Bertz CT molecular complexity index is 523. The molecule has 1 aliphatic rings. The highest BCUT2D eigenvalue weighted by molar-refractivity contribution is 5.79. The maximum Gasteiger partial charge on any atom is 0.191 e. The van der Waals surface area contributed by atoms with E-state index >= 15 is 0 Å². The Balaban J connectivity index is 1.78. The number of morpholine rings is 1. The largest absolute Gasteiger partial charge is 0.379 e. The average Bonchev–Trinajstić information content (AvgIpc) is 3.08. The van der Waals surface area contributed by atoms with Crippen LogP contribution < -0.4 is 10.6 Å². The number of hydrogen-bond donors (Lipinski definition) is 2. The van der Waals surface area contributed by atoms with Crippen molar-refractivity contribution >= 4 is 5.96 Å². The summed E-state index contributed by atoms with van der Waals surface area (Å²) in [7, 11) is 1.81. The van der Waals surface area contributed by atoms with Crippen molar-refractivity contribution in [2.75, 3.05) is 46.4 Å². The van der Waals surface area contributed by atoms with E-state index in [0.717, 1.165) is 64.1 Å². The number of hydrogen-bond acceptors (Lipinski definition) is 5. The highest BCUT2D eigenvalue weighted by Gasteiger charge is 2.23. The van der Waals surface area contributed by atoms with Crippen molar-refractivity contribution in [1.29, 1.82) is 0 Å². The first kappa shape index (κ1) is 19.7. The van der Waals surface area contributed by atoms with Crippen LogP contribution in [0.5, 0.6) is 0 Å². The standard InChI is InChI=1S/C17H33N7O/c1-5-16-22-21-13-24(16)7-6-19-17(18-4)20-12-15(14(2)3)23-8-10-25-11-9-23/h13-15H,5-12H2,1-4H3,(H2,18,19,20). The van der Waals surface area contributed by atoms with Gasteiger partial charge in [0.25, 0.3) is 0 Å². The fourth-order valence-corrected chi connectivity index (χ4v) is 3.15. The third kappa shape index (κ3) is 5.97. The van der Waals surface area contributed by atoms with Gasteiger partial charge in [-0.15, -0.1) is 10.2 Å². The van der Waals surface area contributed by atoms with Crippen LogP contribution in [0.3, 0.4) is 0 Å². The number of guanidine groups is 1. The van der Waals surface area contributed by atoms with Crippen molar-refractivity contribution in [1.82, 2.24) is 30.3 Å². The molecule has 0 bridgehead atoms. The van der Waals surface area contributed by atoms with E-state index in [1.54, 1.807) is 6.33 Å². The van der Waals surface area contributed by atoms with Crippen LogP contribution >= 0.6 is 0 Å². The second-order valence-corrected chi connectivity index (χ2v) is 6.63. The van der Waals surface area contributed by atoms with Gasteiger partial charge in [-0.25, -0.2) is 0 Å². The normalized spacial score (nSPS) is 17.7. The monoisotopic (exact) mass is 351 g/mol. The summed E-state index contributed by atoms with van der Waals surface area (Å²) in [5.74, 6) is 2.43. The number of rotatable bonds is 8. The molecule has 142 valence electrons. The van der Waals surface area contributed by atoms with Gasteiger partial charge in [-0.05, 0) is 5.92 Å². The zero-order valence-electron chi connectivity index (χ0n) is 16.0. The number of aliphatic imine (C=N–C) groups is 1. The van der Waals surface area contributed by atoms with E-state index in [1.165, 1.54) is 0 Å². The summed E-state index contributed by atoms with van der Waals surface area (Å²) < 4.78 is 7.55. The molecule has 25 heavy (non-hydrogen) atoms. The Labute approximate surface area is 151 Å². The van der Waals surface area contributed by atoms with Gasteiger partial charge in [0.05, 0.1) is 13.2 Å². The summed E-state index contributed by atoms with van der Waals surface area (Å²) in [6.07, 6.45) is 2.67. The minimum Gasteiger partial charge on any atom is -0.379 e. The van der Waals surface area contributed by atoms with E-state index in [2.05, 4.69) is 56.1 Å². The van der Waals surface area contributed by atoms with Gasteiger partial charge in [0, 0.05) is 52.2 Å².